The van der Waals surface area contributed by atoms with E-state index in [0.717, 1.165) is 32.7 Å². The van der Waals surface area contributed by atoms with Crippen molar-refractivity contribution in [1.29, 1.82) is 0 Å². The van der Waals surface area contributed by atoms with Gasteiger partial charge in [0.15, 0.2) is 5.69 Å². The number of aromatic nitrogens is 2. The Kier molecular flexibility index (Phi) is 4.71. The summed E-state index contributed by atoms with van der Waals surface area (Å²) in [5, 5.41) is 15.4. The van der Waals surface area contributed by atoms with Crippen LogP contribution in [-0.4, -0.2) is 10.2 Å². The first-order valence-corrected chi connectivity index (χ1v) is 12.2. The van der Waals surface area contributed by atoms with E-state index in [0.29, 0.717) is 11.1 Å². The highest BCUT2D eigenvalue weighted by atomic mass is 32.1. The monoisotopic (exact) mass is 486 g/mol. The molecule has 0 amide bonds. The van der Waals surface area contributed by atoms with Gasteiger partial charge in [-0.2, -0.15) is 13.2 Å². The maximum atomic E-state index is 13.9. The van der Waals surface area contributed by atoms with Crippen molar-refractivity contribution in [3.8, 4) is 11.3 Å². The summed E-state index contributed by atoms with van der Waals surface area (Å²) in [4.78, 5) is 0. The highest BCUT2D eigenvalue weighted by molar-refractivity contribution is 7.17. The lowest BCUT2D eigenvalue weighted by atomic mass is 9.81. The van der Waals surface area contributed by atoms with E-state index >= 15 is 0 Å². The normalized spacial score (nSPS) is 12.9. The second kappa shape index (κ2) is 7.49. The molecular weight excluding hydrogens is 465 g/mol. The zero-order valence-electron chi connectivity index (χ0n) is 19.4. The summed E-state index contributed by atoms with van der Waals surface area (Å²) in [5.41, 5.74) is 1.20. The van der Waals surface area contributed by atoms with Crippen molar-refractivity contribution < 1.29 is 13.2 Å². The maximum absolute atomic E-state index is 13.9. The molecule has 0 bridgehead atoms. The molecule has 0 saturated heterocycles. The van der Waals surface area contributed by atoms with Gasteiger partial charge in [0, 0.05) is 21.0 Å². The molecule has 0 aliphatic rings. The Balaban J connectivity index is 1.72. The van der Waals surface area contributed by atoms with Gasteiger partial charge in [0.1, 0.15) is 5.69 Å². The third-order valence-electron chi connectivity index (χ3n) is 6.52. The van der Waals surface area contributed by atoms with Crippen molar-refractivity contribution in [3.63, 3.8) is 0 Å². The second-order valence-corrected chi connectivity index (χ2v) is 10.9. The second-order valence-electron chi connectivity index (χ2n) is 9.95. The van der Waals surface area contributed by atoms with E-state index in [4.69, 9.17) is 0 Å². The third kappa shape index (κ3) is 3.64. The largest absolute Gasteiger partial charge is 0.435 e. The van der Waals surface area contributed by atoms with E-state index in [-0.39, 0.29) is 10.8 Å². The minimum Gasteiger partial charge on any atom is -0.164 e. The molecule has 0 unspecified atom stereocenters. The van der Waals surface area contributed by atoms with Crippen LogP contribution in [0.25, 0.3) is 53.7 Å². The molecule has 0 fully saturated rings. The molecule has 0 N–H and O–H groups in total. The van der Waals surface area contributed by atoms with Crippen molar-refractivity contribution in [2.75, 3.05) is 0 Å². The van der Waals surface area contributed by atoms with Crippen LogP contribution in [0.15, 0.2) is 72.1 Å². The highest BCUT2D eigenvalue weighted by Crippen LogP contribution is 2.41. The Bertz CT molecular complexity index is 1780. The lowest BCUT2D eigenvalue weighted by molar-refractivity contribution is -0.140. The van der Waals surface area contributed by atoms with Crippen LogP contribution in [0.4, 0.5) is 13.2 Å². The van der Waals surface area contributed by atoms with Crippen molar-refractivity contribution in [2.45, 2.75) is 32.4 Å². The molecule has 6 heteroatoms. The molecular formula is C29H21F3N2S. The summed E-state index contributed by atoms with van der Waals surface area (Å²) in [7, 11) is 0. The minimum absolute atomic E-state index is 0.0623. The quantitative estimate of drug-likeness (QED) is 0.217. The van der Waals surface area contributed by atoms with Gasteiger partial charge in [-0.15, -0.1) is 21.5 Å². The Labute approximate surface area is 204 Å². The first-order chi connectivity index (χ1) is 16.6. The molecule has 6 rings (SSSR count). The van der Waals surface area contributed by atoms with Gasteiger partial charge in [-0.1, -0.05) is 45.0 Å². The predicted octanol–water partition coefficient (Wildman–Crippen LogP) is 9.13. The third-order valence-corrected chi connectivity index (χ3v) is 7.40. The summed E-state index contributed by atoms with van der Waals surface area (Å²) < 4.78 is 42.9. The number of benzene rings is 4. The molecule has 2 heterocycles. The molecule has 2 nitrogen and oxygen atoms in total. The average Bonchev–Trinajstić information content (AvgIpc) is 3.26. The van der Waals surface area contributed by atoms with Crippen LogP contribution in [0.2, 0.25) is 0 Å². The minimum atomic E-state index is -4.60. The van der Waals surface area contributed by atoms with Gasteiger partial charge < -0.3 is 0 Å². The zero-order valence-corrected chi connectivity index (χ0v) is 20.2. The zero-order chi connectivity index (χ0) is 24.5. The molecule has 35 heavy (non-hydrogen) atoms. The summed E-state index contributed by atoms with van der Waals surface area (Å²) in [6.07, 6.45) is -4.60. The maximum Gasteiger partial charge on any atom is 0.435 e. The van der Waals surface area contributed by atoms with Crippen LogP contribution < -0.4 is 0 Å². The van der Waals surface area contributed by atoms with Crippen LogP contribution in [-0.2, 0) is 11.6 Å². The van der Waals surface area contributed by atoms with Crippen molar-refractivity contribution in [3.05, 3.63) is 83.4 Å². The van der Waals surface area contributed by atoms with E-state index in [1.165, 1.54) is 10.1 Å². The molecule has 0 spiro atoms. The number of thiophene rings is 1. The fourth-order valence-corrected chi connectivity index (χ4v) is 5.66. The topological polar surface area (TPSA) is 25.8 Å². The molecule has 0 aliphatic carbocycles. The van der Waals surface area contributed by atoms with E-state index in [1.807, 2.05) is 30.3 Å². The predicted molar refractivity (Wildman–Crippen MR) is 139 cm³/mol. The summed E-state index contributed by atoms with van der Waals surface area (Å²) in [5.74, 6) is 0. The van der Waals surface area contributed by atoms with E-state index in [1.54, 1.807) is 23.5 Å². The first kappa shape index (κ1) is 22.0. The molecule has 6 aromatic rings. The fraction of sp³-hybridized carbons (Fsp3) is 0.172. The Hall–Kier alpha value is -3.51. The van der Waals surface area contributed by atoms with Crippen LogP contribution in [0.3, 0.4) is 0 Å². The van der Waals surface area contributed by atoms with Gasteiger partial charge in [0.2, 0.25) is 0 Å². The van der Waals surface area contributed by atoms with E-state index in [9.17, 15) is 13.2 Å². The van der Waals surface area contributed by atoms with Gasteiger partial charge in [-0.05, 0) is 85.8 Å². The molecule has 0 aliphatic heterocycles. The van der Waals surface area contributed by atoms with Crippen molar-refractivity contribution >= 4 is 53.7 Å². The smallest absolute Gasteiger partial charge is 0.164 e. The Morgan fingerprint density at radius 3 is 2.06 bits per heavy atom. The number of nitrogens with zero attached hydrogens (tertiary/aromatic N) is 2. The summed E-state index contributed by atoms with van der Waals surface area (Å²) in [6.45, 7) is 6.44. The number of fused-ring (bicyclic) bond motifs is 4. The Morgan fingerprint density at radius 2 is 1.37 bits per heavy atom. The molecule has 2 aromatic heterocycles. The van der Waals surface area contributed by atoms with Gasteiger partial charge in [-0.3, -0.25) is 0 Å². The van der Waals surface area contributed by atoms with Crippen molar-refractivity contribution in [2.24, 2.45) is 0 Å². The van der Waals surface area contributed by atoms with Gasteiger partial charge in [0.25, 0.3) is 0 Å². The average molecular weight is 487 g/mol. The van der Waals surface area contributed by atoms with Gasteiger partial charge in [0.05, 0.1) is 0 Å². The molecule has 0 saturated carbocycles. The van der Waals surface area contributed by atoms with Crippen molar-refractivity contribution in [1.82, 2.24) is 10.2 Å². The van der Waals surface area contributed by atoms with Gasteiger partial charge in [-0.25, -0.2) is 0 Å². The number of rotatable bonds is 1. The van der Waals surface area contributed by atoms with Crippen LogP contribution >= 0.6 is 11.3 Å². The molecule has 174 valence electrons. The Morgan fingerprint density at radius 1 is 0.686 bits per heavy atom. The van der Waals surface area contributed by atoms with Crippen LogP contribution in [0, 0.1) is 0 Å². The molecule has 0 atom stereocenters. The summed E-state index contributed by atoms with van der Waals surface area (Å²) in [6, 6.07) is 21.4. The first-order valence-electron chi connectivity index (χ1n) is 11.3. The van der Waals surface area contributed by atoms with Gasteiger partial charge >= 0.3 is 6.18 Å². The number of halogens is 3. The number of hydrogen-bond acceptors (Lipinski definition) is 3. The highest BCUT2D eigenvalue weighted by Gasteiger charge is 2.36. The van der Waals surface area contributed by atoms with E-state index in [2.05, 4.69) is 60.6 Å². The van der Waals surface area contributed by atoms with E-state index < -0.39 is 11.9 Å². The van der Waals surface area contributed by atoms with Crippen LogP contribution in [0.5, 0.6) is 0 Å². The fourth-order valence-electron chi connectivity index (χ4n) is 4.84. The lowest BCUT2D eigenvalue weighted by Crippen LogP contribution is -2.13. The molecule has 4 aromatic carbocycles. The standard InChI is InChI=1S/C29H21F3N2S/c1-28(2,3)24-14-20(10-19-15-25-18(8-9-35-25)13-21(19)24)26-22-11-16-6-4-5-7-17(16)12-23(22)27(34-33-26)29(30,31)32/h4-15H,1-3H3. The lowest BCUT2D eigenvalue weighted by Gasteiger charge is -2.23. The summed E-state index contributed by atoms with van der Waals surface area (Å²) >= 11 is 1.67. The van der Waals surface area contributed by atoms with Crippen LogP contribution in [0.1, 0.15) is 32.0 Å². The number of alkyl halides is 3. The SMILES string of the molecule is CC(C)(C)c1cc(-c2nnc(C(F)(F)F)c3cc4ccccc4cc23)cc2cc3sccc3cc12. The number of hydrogen-bond donors (Lipinski definition) is 0. The molecule has 0 radical (unpaired) electrons.